The van der Waals surface area contributed by atoms with E-state index in [1.54, 1.807) is 0 Å². The van der Waals surface area contributed by atoms with Gasteiger partial charge in [0.15, 0.2) is 0 Å². The van der Waals surface area contributed by atoms with Crippen molar-refractivity contribution >= 4 is 0 Å². The van der Waals surface area contributed by atoms with Crippen LogP contribution in [0.4, 0.5) is 0 Å². The molecule has 2 heteroatoms. The summed E-state index contributed by atoms with van der Waals surface area (Å²) < 4.78 is 0. The van der Waals surface area contributed by atoms with Crippen molar-refractivity contribution in [2.75, 3.05) is 0 Å². The molecule has 0 bridgehead atoms. The van der Waals surface area contributed by atoms with Gasteiger partial charge in [0.05, 0.1) is 0 Å². The molecular weight excluding hydrogens is 246 g/mol. The van der Waals surface area contributed by atoms with Gasteiger partial charge in [-0.15, -0.1) is 0 Å². The van der Waals surface area contributed by atoms with Crippen LogP contribution in [0.1, 0.15) is 82.7 Å². The molecule has 0 N–H and O–H groups in total. The Morgan fingerprint density at radius 2 is 1.40 bits per heavy atom. The van der Waals surface area contributed by atoms with Crippen LogP contribution in [0, 0.1) is 4.91 Å². The van der Waals surface area contributed by atoms with Crippen molar-refractivity contribution in [1.82, 2.24) is 0 Å². The Morgan fingerprint density at radius 3 is 1.95 bits per heavy atom. The first-order valence-corrected chi connectivity index (χ1v) is 8.26. The molecule has 1 unspecified atom stereocenters. The van der Waals surface area contributed by atoms with Crippen LogP contribution in [0.15, 0.2) is 35.5 Å². The number of hydrogen-bond donors (Lipinski definition) is 0. The number of benzene rings is 1. The summed E-state index contributed by atoms with van der Waals surface area (Å²) in [7, 11) is 0. The zero-order valence-corrected chi connectivity index (χ0v) is 12.9. The van der Waals surface area contributed by atoms with Crippen molar-refractivity contribution in [3.63, 3.8) is 0 Å². The van der Waals surface area contributed by atoms with E-state index >= 15 is 0 Å². The third kappa shape index (κ3) is 7.42. The van der Waals surface area contributed by atoms with E-state index in [9.17, 15) is 4.91 Å². The minimum atomic E-state index is -0.152. The molecule has 0 spiro atoms. The fourth-order valence-corrected chi connectivity index (χ4v) is 2.60. The molecule has 112 valence electrons. The zero-order chi connectivity index (χ0) is 14.5. The van der Waals surface area contributed by atoms with Crippen LogP contribution in [0.2, 0.25) is 0 Å². The average molecular weight is 275 g/mol. The van der Waals surface area contributed by atoms with Gasteiger partial charge >= 0.3 is 0 Å². The fraction of sp³-hybridized carbons (Fsp3) is 0.667. The van der Waals surface area contributed by atoms with Gasteiger partial charge in [-0.2, -0.15) is 4.91 Å². The molecule has 0 aliphatic heterocycles. The van der Waals surface area contributed by atoms with Crippen molar-refractivity contribution in [1.29, 1.82) is 0 Å². The lowest BCUT2D eigenvalue weighted by Gasteiger charge is -2.09. The molecule has 1 aromatic rings. The van der Waals surface area contributed by atoms with Gasteiger partial charge in [0.2, 0.25) is 0 Å². The Kier molecular flexibility index (Phi) is 9.81. The normalized spacial score (nSPS) is 12.2. The molecule has 0 amide bonds. The molecule has 0 heterocycles. The number of unbranched alkanes of at least 4 members (excludes halogenated alkanes) is 8. The molecule has 0 aliphatic carbocycles. The maximum absolute atomic E-state index is 10.9. The Balaban J connectivity index is 2.04. The lowest BCUT2D eigenvalue weighted by molar-refractivity contribution is 0.532. The van der Waals surface area contributed by atoms with Gasteiger partial charge in [-0.25, -0.2) is 0 Å². The van der Waals surface area contributed by atoms with Gasteiger partial charge in [0.1, 0.15) is 6.04 Å². The third-order valence-electron chi connectivity index (χ3n) is 3.89. The van der Waals surface area contributed by atoms with Gasteiger partial charge in [0.25, 0.3) is 0 Å². The smallest absolute Gasteiger partial charge is 0.117 e. The van der Waals surface area contributed by atoms with Crippen LogP contribution in [0.3, 0.4) is 0 Å². The maximum atomic E-state index is 10.9. The standard InChI is InChI=1S/C18H29NO/c1-2-3-4-5-6-7-8-9-13-16-18(19-20)17-14-11-10-12-15-17/h10-12,14-15,18H,2-9,13,16H2,1H3. The van der Waals surface area contributed by atoms with E-state index in [2.05, 4.69) is 12.1 Å². The predicted molar refractivity (Wildman–Crippen MR) is 86.8 cm³/mol. The molecular formula is C18H29NO. The molecule has 1 rings (SSSR count). The minimum absolute atomic E-state index is 0.152. The summed E-state index contributed by atoms with van der Waals surface area (Å²) in [5.41, 5.74) is 1.06. The summed E-state index contributed by atoms with van der Waals surface area (Å²) in [6, 6.07) is 9.78. The number of hydrogen-bond acceptors (Lipinski definition) is 2. The summed E-state index contributed by atoms with van der Waals surface area (Å²) in [6.45, 7) is 2.25. The van der Waals surface area contributed by atoms with E-state index in [0.29, 0.717) is 0 Å². The SMILES string of the molecule is CCCCCCCCCCCC(N=O)c1ccccc1. The molecule has 1 atom stereocenters. The summed E-state index contributed by atoms with van der Waals surface area (Å²) in [4.78, 5) is 10.9. The highest BCUT2D eigenvalue weighted by Crippen LogP contribution is 2.23. The molecule has 2 nitrogen and oxygen atoms in total. The molecule has 0 aromatic heterocycles. The quantitative estimate of drug-likeness (QED) is 0.320. The van der Waals surface area contributed by atoms with Crippen LogP contribution in [-0.4, -0.2) is 0 Å². The largest absolute Gasteiger partial charge is 0.150 e. The Hall–Kier alpha value is -1.18. The monoisotopic (exact) mass is 275 g/mol. The van der Waals surface area contributed by atoms with Crippen molar-refractivity contribution < 1.29 is 0 Å². The van der Waals surface area contributed by atoms with Gasteiger partial charge in [-0.3, -0.25) is 0 Å². The first kappa shape index (κ1) is 16.9. The second-order valence-corrected chi connectivity index (χ2v) is 5.65. The van der Waals surface area contributed by atoms with Crippen LogP contribution < -0.4 is 0 Å². The van der Waals surface area contributed by atoms with E-state index < -0.39 is 0 Å². The maximum Gasteiger partial charge on any atom is 0.117 e. The molecule has 1 aromatic carbocycles. The fourth-order valence-electron chi connectivity index (χ4n) is 2.60. The van der Waals surface area contributed by atoms with E-state index in [-0.39, 0.29) is 6.04 Å². The molecule has 20 heavy (non-hydrogen) atoms. The van der Waals surface area contributed by atoms with E-state index in [1.807, 2.05) is 30.3 Å². The lowest BCUT2D eigenvalue weighted by atomic mass is 10.00. The zero-order valence-electron chi connectivity index (χ0n) is 12.9. The van der Waals surface area contributed by atoms with Crippen molar-refractivity contribution in [2.45, 2.75) is 77.2 Å². The second-order valence-electron chi connectivity index (χ2n) is 5.65. The summed E-state index contributed by atoms with van der Waals surface area (Å²) in [5.74, 6) is 0. The van der Waals surface area contributed by atoms with Gasteiger partial charge < -0.3 is 0 Å². The Labute approximate surface area is 124 Å². The van der Waals surface area contributed by atoms with Gasteiger partial charge in [-0.05, 0) is 12.0 Å². The van der Waals surface area contributed by atoms with Crippen LogP contribution in [0.5, 0.6) is 0 Å². The van der Waals surface area contributed by atoms with Crippen LogP contribution in [0.25, 0.3) is 0 Å². The summed E-state index contributed by atoms with van der Waals surface area (Å²) >= 11 is 0. The molecule has 0 fully saturated rings. The number of nitroso groups, excluding NO2 is 1. The Morgan fingerprint density at radius 1 is 0.850 bits per heavy atom. The number of nitrogens with zero attached hydrogens (tertiary/aromatic N) is 1. The first-order valence-electron chi connectivity index (χ1n) is 8.26. The highest BCUT2D eigenvalue weighted by Gasteiger charge is 2.10. The highest BCUT2D eigenvalue weighted by atomic mass is 16.3. The van der Waals surface area contributed by atoms with Crippen molar-refractivity contribution in [2.24, 2.45) is 5.18 Å². The molecule has 0 aliphatic rings. The third-order valence-corrected chi connectivity index (χ3v) is 3.89. The average Bonchev–Trinajstić information content (AvgIpc) is 2.50. The van der Waals surface area contributed by atoms with Crippen molar-refractivity contribution in [3.05, 3.63) is 40.8 Å². The summed E-state index contributed by atoms with van der Waals surface area (Å²) in [5, 5.41) is 3.28. The van der Waals surface area contributed by atoms with Gasteiger partial charge in [0, 0.05) is 0 Å². The molecule has 0 saturated carbocycles. The van der Waals surface area contributed by atoms with E-state index in [4.69, 9.17) is 0 Å². The summed E-state index contributed by atoms with van der Waals surface area (Å²) in [6.07, 6.45) is 12.7. The second kappa shape index (κ2) is 11.6. The first-order chi connectivity index (χ1) is 9.88. The number of rotatable bonds is 12. The van der Waals surface area contributed by atoms with Gasteiger partial charge in [-0.1, -0.05) is 100 Å². The van der Waals surface area contributed by atoms with E-state index in [1.165, 1.54) is 51.4 Å². The predicted octanol–water partition coefficient (Wildman–Crippen LogP) is 6.42. The minimum Gasteiger partial charge on any atom is -0.150 e. The van der Waals surface area contributed by atoms with Crippen LogP contribution in [-0.2, 0) is 0 Å². The molecule has 0 saturated heterocycles. The van der Waals surface area contributed by atoms with E-state index in [0.717, 1.165) is 18.4 Å². The lowest BCUT2D eigenvalue weighted by Crippen LogP contribution is -1.94. The topological polar surface area (TPSA) is 29.4 Å². The van der Waals surface area contributed by atoms with Crippen LogP contribution >= 0.6 is 0 Å². The van der Waals surface area contributed by atoms with Crippen molar-refractivity contribution in [3.8, 4) is 0 Å². The Bertz CT molecular complexity index is 337. The molecule has 0 radical (unpaired) electrons. The highest BCUT2D eigenvalue weighted by molar-refractivity contribution is 5.18.